The number of carbonyl (C=O) groups excluding carboxylic acids is 3. The number of methoxy groups -OCH3 is 2. The van der Waals surface area contributed by atoms with Crippen molar-refractivity contribution in [2.75, 3.05) is 19.1 Å². The molecule has 0 unspecified atom stereocenters. The molecule has 4 amide bonds. The number of carbonyl (C=O) groups is 3. The number of hydrogen-bond donors (Lipinski definition) is 1. The molecule has 1 fully saturated rings. The minimum Gasteiger partial charge on any atom is -0.496 e. The summed E-state index contributed by atoms with van der Waals surface area (Å²) in [5.41, 5.74) is 0.433. The number of imide groups is 2. The molecule has 154 valence electrons. The van der Waals surface area contributed by atoms with Crippen LogP contribution in [0.4, 0.5) is 16.2 Å². The van der Waals surface area contributed by atoms with Gasteiger partial charge in [-0.1, -0.05) is 12.1 Å². The van der Waals surface area contributed by atoms with E-state index in [2.05, 4.69) is 5.32 Å². The van der Waals surface area contributed by atoms with E-state index >= 15 is 0 Å². The maximum atomic E-state index is 13.0. The molecule has 1 N–H and O–H groups in total. The van der Waals surface area contributed by atoms with Gasteiger partial charge < -0.3 is 9.47 Å². The molecule has 0 aliphatic carbocycles. The number of anilines is 1. The molecule has 0 bridgehead atoms. The third kappa shape index (κ3) is 3.70. The van der Waals surface area contributed by atoms with Gasteiger partial charge in [-0.3, -0.25) is 25.0 Å². The number of hydrogen-bond acceptors (Lipinski definition) is 7. The number of barbiturate groups is 1. The van der Waals surface area contributed by atoms with Crippen LogP contribution in [-0.2, 0) is 9.59 Å². The highest BCUT2D eigenvalue weighted by Gasteiger charge is 2.37. The molecule has 1 aliphatic heterocycles. The fraction of sp³-hybridized carbons (Fsp3) is 0.150. The number of ether oxygens (including phenoxy) is 2. The van der Waals surface area contributed by atoms with Crippen molar-refractivity contribution >= 4 is 35.3 Å². The Balaban J connectivity index is 2.13. The second-order valence-corrected chi connectivity index (χ2v) is 6.32. The van der Waals surface area contributed by atoms with Gasteiger partial charge in [0.1, 0.15) is 11.3 Å². The molecule has 0 spiro atoms. The summed E-state index contributed by atoms with van der Waals surface area (Å²) in [5, 5.41) is 13.4. The van der Waals surface area contributed by atoms with Crippen LogP contribution in [0.2, 0.25) is 0 Å². The first-order valence-corrected chi connectivity index (χ1v) is 8.65. The highest BCUT2D eigenvalue weighted by Crippen LogP contribution is 2.36. The summed E-state index contributed by atoms with van der Waals surface area (Å²) in [6.45, 7) is 1.79. The van der Waals surface area contributed by atoms with Gasteiger partial charge in [0.15, 0.2) is 0 Å². The fourth-order valence-corrected chi connectivity index (χ4v) is 2.98. The van der Waals surface area contributed by atoms with Crippen LogP contribution in [0, 0.1) is 17.0 Å². The van der Waals surface area contributed by atoms with Crippen LogP contribution in [0.1, 0.15) is 11.1 Å². The van der Waals surface area contributed by atoms with E-state index in [0.717, 1.165) is 22.6 Å². The van der Waals surface area contributed by atoms with Gasteiger partial charge in [-0.2, -0.15) is 0 Å². The average Bonchev–Trinajstić information content (AvgIpc) is 2.70. The predicted molar refractivity (Wildman–Crippen MR) is 106 cm³/mol. The maximum Gasteiger partial charge on any atom is 0.335 e. The highest BCUT2D eigenvalue weighted by atomic mass is 16.6. The Morgan fingerprint density at radius 2 is 1.77 bits per heavy atom. The Labute approximate surface area is 170 Å². The number of nitro benzene ring substituents is 1. The molecule has 10 nitrogen and oxygen atoms in total. The maximum absolute atomic E-state index is 13.0. The highest BCUT2D eigenvalue weighted by molar-refractivity contribution is 6.39. The molecule has 0 atom stereocenters. The van der Waals surface area contributed by atoms with E-state index in [0.29, 0.717) is 0 Å². The summed E-state index contributed by atoms with van der Waals surface area (Å²) >= 11 is 0. The number of amides is 4. The van der Waals surface area contributed by atoms with Crippen LogP contribution in [0.15, 0.2) is 42.0 Å². The Bertz CT molecular complexity index is 1110. The number of benzene rings is 2. The third-order valence-corrected chi connectivity index (χ3v) is 4.39. The van der Waals surface area contributed by atoms with Crippen molar-refractivity contribution in [3.05, 3.63) is 63.2 Å². The lowest BCUT2D eigenvalue weighted by Gasteiger charge is -2.26. The smallest absolute Gasteiger partial charge is 0.335 e. The third-order valence-electron chi connectivity index (χ3n) is 4.39. The molecule has 0 saturated carbocycles. The second-order valence-electron chi connectivity index (χ2n) is 6.32. The van der Waals surface area contributed by atoms with Gasteiger partial charge in [0.05, 0.1) is 24.8 Å². The van der Waals surface area contributed by atoms with E-state index in [1.54, 1.807) is 31.2 Å². The first-order chi connectivity index (χ1) is 14.3. The number of rotatable bonds is 5. The quantitative estimate of drug-likeness (QED) is 0.347. The summed E-state index contributed by atoms with van der Waals surface area (Å²) in [5.74, 6) is -1.69. The number of nitro groups is 1. The van der Waals surface area contributed by atoms with Crippen molar-refractivity contribution in [1.29, 1.82) is 0 Å². The van der Waals surface area contributed by atoms with Gasteiger partial charge in [-0.05, 0) is 30.7 Å². The standard InChI is InChI=1S/C20H17N3O7/c1-11-5-4-6-13(7-11)22-19(25)14(18(24)21-20(22)26)8-12-9-15(23(27)28)17(30-3)10-16(12)29-2/h4-10H,1-3H3,(H,21,24,26). The lowest BCUT2D eigenvalue weighted by Crippen LogP contribution is -2.54. The van der Waals surface area contributed by atoms with Gasteiger partial charge >= 0.3 is 11.7 Å². The van der Waals surface area contributed by atoms with Gasteiger partial charge in [0.25, 0.3) is 11.8 Å². The van der Waals surface area contributed by atoms with E-state index in [1.165, 1.54) is 20.3 Å². The molecule has 1 aliphatic rings. The van der Waals surface area contributed by atoms with Crippen LogP contribution in [-0.4, -0.2) is 37.0 Å². The van der Waals surface area contributed by atoms with Crippen LogP contribution < -0.4 is 19.7 Å². The van der Waals surface area contributed by atoms with E-state index in [-0.39, 0.29) is 34.0 Å². The minimum absolute atomic E-state index is 0.0463. The zero-order valence-corrected chi connectivity index (χ0v) is 16.3. The van der Waals surface area contributed by atoms with Crippen molar-refractivity contribution in [2.45, 2.75) is 6.92 Å². The Morgan fingerprint density at radius 3 is 2.37 bits per heavy atom. The Hall–Kier alpha value is -4.21. The second kappa shape index (κ2) is 8.03. The number of nitrogens with zero attached hydrogens (tertiary/aromatic N) is 2. The normalized spacial score (nSPS) is 15.2. The van der Waals surface area contributed by atoms with Crippen molar-refractivity contribution < 1.29 is 28.8 Å². The van der Waals surface area contributed by atoms with Crippen LogP contribution in [0.5, 0.6) is 11.5 Å². The summed E-state index contributed by atoms with van der Waals surface area (Å²) < 4.78 is 10.2. The van der Waals surface area contributed by atoms with Crippen molar-refractivity contribution in [3.8, 4) is 11.5 Å². The molecule has 1 heterocycles. The van der Waals surface area contributed by atoms with Crippen molar-refractivity contribution in [2.24, 2.45) is 0 Å². The Morgan fingerprint density at radius 1 is 1.07 bits per heavy atom. The SMILES string of the molecule is COc1cc(OC)c([N+](=O)[O-])cc1C=C1C(=O)NC(=O)N(c2cccc(C)c2)C1=O. The van der Waals surface area contributed by atoms with E-state index in [1.807, 2.05) is 0 Å². The zero-order chi connectivity index (χ0) is 22.0. The van der Waals surface area contributed by atoms with Crippen molar-refractivity contribution in [1.82, 2.24) is 5.32 Å². The van der Waals surface area contributed by atoms with Crippen LogP contribution >= 0.6 is 0 Å². The molecular weight excluding hydrogens is 394 g/mol. The number of urea groups is 1. The largest absolute Gasteiger partial charge is 0.496 e. The molecule has 30 heavy (non-hydrogen) atoms. The number of nitrogens with one attached hydrogen (secondary N) is 1. The summed E-state index contributed by atoms with van der Waals surface area (Å²) in [6.07, 6.45) is 1.14. The lowest BCUT2D eigenvalue weighted by atomic mass is 10.0. The summed E-state index contributed by atoms with van der Waals surface area (Å²) in [6, 6.07) is 8.14. The molecule has 3 rings (SSSR count). The number of aryl methyl sites for hydroxylation is 1. The lowest BCUT2D eigenvalue weighted by molar-refractivity contribution is -0.385. The monoisotopic (exact) mass is 411 g/mol. The van der Waals surface area contributed by atoms with Crippen molar-refractivity contribution in [3.63, 3.8) is 0 Å². The molecule has 1 saturated heterocycles. The van der Waals surface area contributed by atoms with Gasteiger partial charge in [0, 0.05) is 17.7 Å². The zero-order valence-electron chi connectivity index (χ0n) is 16.3. The van der Waals surface area contributed by atoms with Crippen LogP contribution in [0.3, 0.4) is 0 Å². The van der Waals surface area contributed by atoms with E-state index in [9.17, 15) is 24.5 Å². The fourth-order valence-electron chi connectivity index (χ4n) is 2.98. The van der Waals surface area contributed by atoms with E-state index in [4.69, 9.17) is 9.47 Å². The molecule has 0 aromatic heterocycles. The summed E-state index contributed by atoms with van der Waals surface area (Å²) in [4.78, 5) is 49.1. The predicted octanol–water partition coefficient (Wildman–Crippen LogP) is 2.59. The van der Waals surface area contributed by atoms with E-state index < -0.39 is 22.8 Å². The average molecular weight is 411 g/mol. The molecule has 2 aromatic rings. The molecular formula is C20H17N3O7. The van der Waals surface area contributed by atoms with Gasteiger partial charge in [0.2, 0.25) is 5.75 Å². The minimum atomic E-state index is -0.922. The Kier molecular flexibility index (Phi) is 5.50. The molecule has 0 radical (unpaired) electrons. The topological polar surface area (TPSA) is 128 Å². The van der Waals surface area contributed by atoms with Crippen LogP contribution in [0.25, 0.3) is 6.08 Å². The van der Waals surface area contributed by atoms with Gasteiger partial charge in [-0.25, -0.2) is 9.69 Å². The summed E-state index contributed by atoms with van der Waals surface area (Å²) in [7, 11) is 2.59. The molecule has 2 aromatic carbocycles. The van der Waals surface area contributed by atoms with Gasteiger partial charge in [-0.15, -0.1) is 0 Å². The first-order valence-electron chi connectivity index (χ1n) is 8.65. The molecule has 10 heteroatoms. The first kappa shape index (κ1) is 20.5.